The van der Waals surface area contributed by atoms with Crippen LogP contribution < -0.4 is 0 Å². The van der Waals surface area contributed by atoms with E-state index in [-0.39, 0.29) is 11.2 Å². The molecule has 27 heavy (non-hydrogen) atoms. The van der Waals surface area contributed by atoms with Gasteiger partial charge in [0.1, 0.15) is 0 Å². The first-order valence-corrected chi connectivity index (χ1v) is 10.1. The van der Waals surface area contributed by atoms with Crippen LogP contribution in [0.5, 0.6) is 0 Å². The Morgan fingerprint density at radius 2 is 1.89 bits per heavy atom. The van der Waals surface area contributed by atoms with Crippen LogP contribution >= 0.6 is 11.8 Å². The van der Waals surface area contributed by atoms with E-state index in [9.17, 15) is 4.79 Å². The first kappa shape index (κ1) is 17.8. The first-order valence-electron chi connectivity index (χ1n) is 9.17. The Balaban J connectivity index is 1.57. The normalized spacial score (nSPS) is 15.4. The van der Waals surface area contributed by atoms with Gasteiger partial charge < -0.3 is 4.90 Å². The van der Waals surface area contributed by atoms with Gasteiger partial charge >= 0.3 is 0 Å². The minimum atomic E-state index is -0.0527. The van der Waals surface area contributed by atoms with Crippen molar-refractivity contribution in [2.45, 2.75) is 36.6 Å². The summed E-state index contributed by atoms with van der Waals surface area (Å²) in [7, 11) is 0. The van der Waals surface area contributed by atoms with Crippen molar-refractivity contribution in [1.82, 2.24) is 9.88 Å². The molecule has 0 aliphatic carbocycles. The summed E-state index contributed by atoms with van der Waals surface area (Å²) in [5.74, 6) is 0.198. The van der Waals surface area contributed by atoms with Crippen LogP contribution in [0.2, 0.25) is 0 Å². The van der Waals surface area contributed by atoms with Crippen LogP contribution in [0.3, 0.4) is 0 Å². The molecule has 4 rings (SSSR count). The molecular weight excluding hydrogens is 352 g/mol. The second kappa shape index (κ2) is 7.97. The molecule has 3 aromatic rings. The van der Waals surface area contributed by atoms with Gasteiger partial charge in [-0.3, -0.25) is 9.78 Å². The molecule has 0 N–H and O–H groups in total. The summed E-state index contributed by atoms with van der Waals surface area (Å²) >= 11 is 1.69. The Hall–Kier alpha value is -2.59. The molecule has 1 aliphatic heterocycles. The highest BCUT2D eigenvalue weighted by Gasteiger charge is 2.31. The van der Waals surface area contributed by atoms with Gasteiger partial charge in [-0.1, -0.05) is 48.5 Å². The van der Waals surface area contributed by atoms with Gasteiger partial charge in [0.2, 0.25) is 5.91 Å². The van der Waals surface area contributed by atoms with Crippen LogP contribution in [-0.4, -0.2) is 21.0 Å². The number of rotatable bonds is 5. The van der Waals surface area contributed by atoms with E-state index in [1.165, 1.54) is 21.6 Å². The summed E-state index contributed by atoms with van der Waals surface area (Å²) in [4.78, 5) is 20.8. The topological polar surface area (TPSA) is 33.2 Å². The molecule has 0 bridgehead atoms. The van der Waals surface area contributed by atoms with Gasteiger partial charge in [-0.15, -0.1) is 11.8 Å². The number of aromatic nitrogens is 1. The predicted molar refractivity (Wildman–Crippen MR) is 109 cm³/mol. The maximum Gasteiger partial charge on any atom is 0.237 e. The molecule has 0 spiro atoms. The van der Waals surface area contributed by atoms with Gasteiger partial charge in [-0.2, -0.15) is 0 Å². The van der Waals surface area contributed by atoms with Crippen molar-refractivity contribution in [2.75, 3.05) is 0 Å². The molecule has 1 amide bonds. The molecule has 3 nitrogen and oxygen atoms in total. The van der Waals surface area contributed by atoms with Gasteiger partial charge in [-0.25, -0.2) is 0 Å². The highest BCUT2D eigenvalue weighted by atomic mass is 32.2. The van der Waals surface area contributed by atoms with Gasteiger partial charge in [0.15, 0.2) is 0 Å². The fraction of sp³-hybridized carbons (Fsp3) is 0.217. The summed E-state index contributed by atoms with van der Waals surface area (Å²) in [5, 5.41) is -0.0527. The highest BCUT2D eigenvalue weighted by Crippen LogP contribution is 2.38. The number of fused-ring (bicyclic) bond motifs is 1. The number of aryl methyl sites for hydroxylation is 1. The van der Waals surface area contributed by atoms with Crippen molar-refractivity contribution < 1.29 is 4.79 Å². The predicted octanol–water partition coefficient (Wildman–Crippen LogP) is 4.64. The van der Waals surface area contributed by atoms with Crippen molar-refractivity contribution in [2.24, 2.45) is 0 Å². The number of carbonyl (C=O) groups is 1. The van der Waals surface area contributed by atoms with Gasteiger partial charge in [-0.05, 0) is 47.7 Å². The lowest BCUT2D eigenvalue weighted by Gasteiger charge is -2.26. The summed E-state index contributed by atoms with van der Waals surface area (Å²) in [6, 6.07) is 20.6. The first-order chi connectivity index (χ1) is 13.2. The molecule has 0 fully saturated rings. The molecule has 1 atom stereocenters. The van der Waals surface area contributed by atoms with Crippen LogP contribution in [0, 0.1) is 6.92 Å². The molecule has 1 aromatic heterocycles. The van der Waals surface area contributed by atoms with E-state index in [1.807, 2.05) is 47.5 Å². The van der Waals surface area contributed by atoms with Crippen molar-refractivity contribution in [3.8, 4) is 0 Å². The van der Waals surface area contributed by atoms with E-state index >= 15 is 0 Å². The van der Waals surface area contributed by atoms with E-state index in [0.717, 1.165) is 12.0 Å². The zero-order valence-electron chi connectivity index (χ0n) is 15.3. The zero-order valence-corrected chi connectivity index (χ0v) is 16.2. The summed E-state index contributed by atoms with van der Waals surface area (Å²) in [6.07, 6.45) is 4.41. The molecule has 1 unspecified atom stereocenters. The fourth-order valence-electron chi connectivity index (χ4n) is 3.44. The zero-order chi connectivity index (χ0) is 18.6. The second-order valence-corrected chi connectivity index (χ2v) is 8.14. The number of carbonyl (C=O) groups excluding carboxylic acids is 1. The molecule has 0 radical (unpaired) electrons. The Kier molecular flexibility index (Phi) is 5.26. The minimum absolute atomic E-state index is 0.0527. The number of thioether (sulfide) groups is 1. The Morgan fingerprint density at radius 1 is 1.07 bits per heavy atom. The molecule has 4 heteroatoms. The summed E-state index contributed by atoms with van der Waals surface area (Å²) in [6.45, 7) is 3.30. The van der Waals surface area contributed by atoms with Gasteiger partial charge in [0, 0.05) is 30.4 Å². The quantitative estimate of drug-likeness (QED) is 0.652. The minimum Gasteiger partial charge on any atom is -0.333 e. The standard InChI is InChI=1S/C23H22N2OS/c1-17-7-2-3-10-20(17)16-25(15-18-8-6-12-24-14-18)23(26)22-13-19-9-4-5-11-21(19)27-22/h2-12,14,22H,13,15-16H2,1H3. The van der Waals surface area contributed by atoms with E-state index < -0.39 is 0 Å². The highest BCUT2D eigenvalue weighted by molar-refractivity contribution is 8.01. The molecule has 1 aliphatic rings. The number of benzene rings is 2. The number of pyridine rings is 1. The lowest BCUT2D eigenvalue weighted by Crippen LogP contribution is -2.37. The molecule has 0 saturated heterocycles. The number of nitrogens with zero attached hydrogens (tertiary/aromatic N) is 2. The van der Waals surface area contributed by atoms with Crippen LogP contribution in [0.1, 0.15) is 22.3 Å². The summed E-state index contributed by atoms with van der Waals surface area (Å²) in [5.41, 5.74) is 4.73. The van der Waals surface area contributed by atoms with Crippen LogP contribution in [0.4, 0.5) is 0 Å². The van der Waals surface area contributed by atoms with Crippen molar-refractivity contribution in [1.29, 1.82) is 0 Å². The Labute approximate surface area is 164 Å². The second-order valence-electron chi connectivity index (χ2n) is 6.90. The van der Waals surface area contributed by atoms with E-state index in [4.69, 9.17) is 0 Å². The molecule has 136 valence electrons. The molecule has 0 saturated carbocycles. The summed E-state index contributed by atoms with van der Waals surface area (Å²) < 4.78 is 0. The number of hydrogen-bond donors (Lipinski definition) is 0. The largest absolute Gasteiger partial charge is 0.333 e. The van der Waals surface area contributed by atoms with Crippen molar-refractivity contribution in [3.05, 3.63) is 95.3 Å². The molecule has 2 aromatic carbocycles. The SMILES string of the molecule is Cc1ccccc1CN(Cc1cccnc1)C(=O)C1Cc2ccccc2S1. The third kappa shape index (κ3) is 4.06. The molecular formula is C23H22N2OS. The monoisotopic (exact) mass is 374 g/mol. The average Bonchev–Trinajstić information content (AvgIpc) is 3.13. The van der Waals surface area contributed by atoms with Crippen molar-refractivity contribution in [3.63, 3.8) is 0 Å². The Bertz CT molecular complexity index is 917. The lowest BCUT2D eigenvalue weighted by molar-refractivity contribution is -0.131. The third-order valence-electron chi connectivity index (χ3n) is 4.95. The van der Waals surface area contributed by atoms with Gasteiger partial charge in [0.05, 0.1) is 5.25 Å². The fourth-order valence-corrected chi connectivity index (χ4v) is 4.72. The van der Waals surface area contributed by atoms with E-state index in [2.05, 4.69) is 36.2 Å². The van der Waals surface area contributed by atoms with Crippen LogP contribution in [-0.2, 0) is 24.3 Å². The smallest absolute Gasteiger partial charge is 0.237 e. The molecule has 2 heterocycles. The van der Waals surface area contributed by atoms with Crippen LogP contribution in [0.25, 0.3) is 0 Å². The van der Waals surface area contributed by atoms with Crippen LogP contribution in [0.15, 0.2) is 78.0 Å². The maximum absolute atomic E-state index is 13.4. The number of hydrogen-bond acceptors (Lipinski definition) is 3. The van der Waals surface area contributed by atoms with Crippen molar-refractivity contribution >= 4 is 17.7 Å². The maximum atomic E-state index is 13.4. The van der Waals surface area contributed by atoms with Gasteiger partial charge in [0.25, 0.3) is 0 Å². The third-order valence-corrected chi connectivity index (χ3v) is 6.26. The van der Waals surface area contributed by atoms with E-state index in [0.29, 0.717) is 13.1 Å². The number of amides is 1. The average molecular weight is 375 g/mol. The Morgan fingerprint density at radius 3 is 2.67 bits per heavy atom. The van der Waals surface area contributed by atoms with E-state index in [1.54, 1.807) is 18.0 Å². The lowest BCUT2D eigenvalue weighted by atomic mass is 10.1.